The van der Waals surface area contributed by atoms with Crippen molar-refractivity contribution in [2.75, 3.05) is 11.9 Å². The van der Waals surface area contributed by atoms with Crippen LogP contribution in [0.1, 0.15) is 11.1 Å². The van der Waals surface area contributed by atoms with Crippen molar-refractivity contribution in [1.82, 2.24) is 9.97 Å². The number of carbonyl (C=O) groups excluding carboxylic acids is 1. The van der Waals surface area contributed by atoms with Crippen LogP contribution in [0.4, 0.5) is 5.69 Å². The monoisotopic (exact) mass is 313 g/mol. The first-order chi connectivity index (χ1) is 11.0. The number of fused-ring (bicyclic) bond motifs is 1. The van der Waals surface area contributed by atoms with Crippen LogP contribution in [0.5, 0.6) is 5.88 Å². The standard InChI is InChI=1S/C14H11N5O4/c1-19-9-5-3-2-4-7(9)10(13(19)22)18-15-6-8-11(20)16-14(23)17-12(8)21/h2-6H,1H3,(H3,16,17,20,21,23)/b15-6+,18-10?. The molecule has 9 nitrogen and oxygen atoms in total. The van der Waals surface area contributed by atoms with E-state index < -0.39 is 17.1 Å². The van der Waals surface area contributed by atoms with E-state index in [1.807, 2.05) is 9.97 Å². The first-order valence-corrected chi connectivity index (χ1v) is 6.53. The van der Waals surface area contributed by atoms with Gasteiger partial charge in [0.05, 0.1) is 11.9 Å². The minimum atomic E-state index is -0.836. The fourth-order valence-corrected chi connectivity index (χ4v) is 2.19. The highest BCUT2D eigenvalue weighted by Crippen LogP contribution is 2.27. The minimum Gasteiger partial charge on any atom is -0.494 e. The lowest BCUT2D eigenvalue weighted by atomic mass is 10.1. The van der Waals surface area contributed by atoms with Crippen LogP contribution in [0, 0.1) is 0 Å². The second-order valence-electron chi connectivity index (χ2n) is 4.75. The van der Waals surface area contributed by atoms with E-state index in [9.17, 15) is 19.5 Å². The van der Waals surface area contributed by atoms with Crippen LogP contribution in [-0.4, -0.2) is 40.0 Å². The number of hydrogen-bond donors (Lipinski definition) is 3. The fourth-order valence-electron chi connectivity index (χ4n) is 2.19. The fraction of sp³-hybridized carbons (Fsp3) is 0.0714. The molecule has 1 aliphatic rings. The Labute approximate surface area is 128 Å². The molecule has 3 N–H and O–H groups in total. The third-order valence-corrected chi connectivity index (χ3v) is 3.33. The van der Waals surface area contributed by atoms with Gasteiger partial charge < -0.3 is 10.0 Å². The molecule has 0 atom stereocenters. The van der Waals surface area contributed by atoms with Gasteiger partial charge in [-0.1, -0.05) is 18.2 Å². The zero-order chi connectivity index (χ0) is 16.6. The SMILES string of the molecule is CN1C(=O)C(=N/N=C/c2c(O)[nH]c(=O)[nH]c2=O)c2ccccc21. The Morgan fingerprint density at radius 1 is 1.17 bits per heavy atom. The molecule has 9 heteroatoms. The van der Waals surface area contributed by atoms with Crippen LogP contribution in [-0.2, 0) is 4.79 Å². The summed E-state index contributed by atoms with van der Waals surface area (Å²) in [6.07, 6.45) is 0.964. The molecular weight excluding hydrogens is 302 g/mol. The number of amides is 1. The molecule has 2 heterocycles. The number of anilines is 1. The van der Waals surface area contributed by atoms with Crippen molar-refractivity contribution in [2.45, 2.75) is 0 Å². The van der Waals surface area contributed by atoms with E-state index in [2.05, 4.69) is 10.2 Å². The molecule has 1 aromatic heterocycles. The lowest BCUT2D eigenvalue weighted by Gasteiger charge is -2.07. The van der Waals surface area contributed by atoms with Crippen molar-refractivity contribution in [3.05, 3.63) is 56.2 Å². The van der Waals surface area contributed by atoms with Gasteiger partial charge in [-0.25, -0.2) is 4.79 Å². The molecule has 0 bridgehead atoms. The van der Waals surface area contributed by atoms with E-state index in [1.54, 1.807) is 31.3 Å². The topological polar surface area (TPSA) is 131 Å². The Morgan fingerprint density at radius 3 is 2.65 bits per heavy atom. The molecule has 0 spiro atoms. The molecule has 0 unspecified atom stereocenters. The zero-order valence-corrected chi connectivity index (χ0v) is 11.9. The van der Waals surface area contributed by atoms with E-state index >= 15 is 0 Å². The van der Waals surface area contributed by atoms with E-state index in [4.69, 9.17) is 0 Å². The second kappa shape index (κ2) is 5.37. The van der Waals surface area contributed by atoms with Crippen LogP contribution < -0.4 is 16.1 Å². The van der Waals surface area contributed by atoms with Crippen LogP contribution in [0.15, 0.2) is 44.1 Å². The molecule has 0 radical (unpaired) electrons. The molecule has 0 fully saturated rings. The zero-order valence-electron chi connectivity index (χ0n) is 11.9. The smallest absolute Gasteiger partial charge is 0.328 e. The van der Waals surface area contributed by atoms with Gasteiger partial charge in [-0.3, -0.25) is 19.6 Å². The van der Waals surface area contributed by atoms with Crippen molar-refractivity contribution in [3.63, 3.8) is 0 Å². The normalized spacial score (nSPS) is 15.6. The van der Waals surface area contributed by atoms with Crippen molar-refractivity contribution in [2.24, 2.45) is 10.2 Å². The lowest BCUT2D eigenvalue weighted by Crippen LogP contribution is -2.25. The van der Waals surface area contributed by atoms with Crippen molar-refractivity contribution < 1.29 is 9.90 Å². The second-order valence-corrected chi connectivity index (χ2v) is 4.75. The summed E-state index contributed by atoms with van der Waals surface area (Å²) in [7, 11) is 1.62. The molecule has 3 rings (SSSR count). The molecular formula is C14H11N5O4. The maximum Gasteiger partial charge on any atom is 0.328 e. The number of nitrogens with zero attached hydrogens (tertiary/aromatic N) is 3. The molecule has 116 valence electrons. The van der Waals surface area contributed by atoms with E-state index in [1.165, 1.54) is 4.90 Å². The lowest BCUT2D eigenvalue weighted by molar-refractivity contribution is -0.111. The number of nitrogens with one attached hydrogen (secondary N) is 2. The quantitative estimate of drug-likeness (QED) is 0.512. The summed E-state index contributed by atoms with van der Waals surface area (Å²) in [6.45, 7) is 0. The van der Waals surface area contributed by atoms with Crippen LogP contribution in [0.25, 0.3) is 0 Å². The van der Waals surface area contributed by atoms with Crippen molar-refractivity contribution in [3.8, 4) is 5.88 Å². The maximum atomic E-state index is 12.1. The average molecular weight is 313 g/mol. The Kier molecular flexibility index (Phi) is 3.37. The molecule has 2 aromatic rings. The predicted molar refractivity (Wildman–Crippen MR) is 83.3 cm³/mol. The Hall–Kier alpha value is -3.49. The number of aromatic hydroxyl groups is 1. The third-order valence-electron chi connectivity index (χ3n) is 3.33. The van der Waals surface area contributed by atoms with Crippen LogP contribution in [0.2, 0.25) is 0 Å². The number of hydrogen-bond acceptors (Lipinski definition) is 6. The average Bonchev–Trinajstić information content (AvgIpc) is 2.75. The Bertz CT molecular complexity index is 970. The van der Waals surface area contributed by atoms with Crippen LogP contribution in [0.3, 0.4) is 0 Å². The molecule has 1 aromatic carbocycles. The summed E-state index contributed by atoms with van der Waals surface area (Å²) in [5.74, 6) is -0.957. The highest BCUT2D eigenvalue weighted by atomic mass is 16.3. The molecule has 0 saturated carbocycles. The summed E-state index contributed by atoms with van der Waals surface area (Å²) in [5, 5.41) is 17.0. The van der Waals surface area contributed by atoms with Crippen LogP contribution >= 0.6 is 0 Å². The van der Waals surface area contributed by atoms with Gasteiger partial charge in [-0.05, 0) is 6.07 Å². The third kappa shape index (κ3) is 2.44. The molecule has 1 aliphatic heterocycles. The Morgan fingerprint density at radius 2 is 1.91 bits per heavy atom. The number of para-hydroxylation sites is 1. The highest BCUT2D eigenvalue weighted by Gasteiger charge is 2.30. The number of aromatic nitrogens is 2. The van der Waals surface area contributed by atoms with Gasteiger partial charge >= 0.3 is 5.69 Å². The van der Waals surface area contributed by atoms with Gasteiger partial charge in [0.2, 0.25) is 5.88 Å². The Balaban J connectivity index is 2.00. The maximum absolute atomic E-state index is 12.1. The molecule has 1 amide bonds. The number of likely N-dealkylation sites (N-methyl/N-ethyl adjacent to an activating group) is 1. The number of rotatable bonds is 2. The van der Waals surface area contributed by atoms with Gasteiger partial charge in [-0.15, -0.1) is 5.10 Å². The number of carbonyl (C=O) groups is 1. The van der Waals surface area contributed by atoms with Gasteiger partial charge in [0.15, 0.2) is 5.71 Å². The number of H-pyrrole nitrogens is 2. The minimum absolute atomic E-state index is 0.125. The van der Waals surface area contributed by atoms with E-state index in [-0.39, 0.29) is 17.2 Å². The van der Waals surface area contributed by atoms with E-state index in [0.717, 1.165) is 6.21 Å². The van der Waals surface area contributed by atoms with Gasteiger partial charge in [0.25, 0.3) is 11.5 Å². The van der Waals surface area contributed by atoms with E-state index in [0.29, 0.717) is 11.3 Å². The summed E-state index contributed by atoms with van der Waals surface area (Å²) in [6, 6.07) is 7.07. The van der Waals surface area contributed by atoms with Crippen molar-refractivity contribution >= 4 is 23.5 Å². The highest BCUT2D eigenvalue weighted by molar-refractivity contribution is 6.54. The summed E-state index contributed by atoms with van der Waals surface area (Å²) < 4.78 is 0. The largest absolute Gasteiger partial charge is 0.494 e. The number of aromatic amines is 2. The molecule has 0 aliphatic carbocycles. The van der Waals surface area contributed by atoms with Crippen molar-refractivity contribution in [1.29, 1.82) is 0 Å². The van der Waals surface area contributed by atoms with Gasteiger partial charge in [0.1, 0.15) is 5.56 Å². The first-order valence-electron chi connectivity index (χ1n) is 6.53. The predicted octanol–water partition coefficient (Wildman–Crippen LogP) is -0.432. The summed E-state index contributed by atoms with van der Waals surface area (Å²) in [4.78, 5) is 40.1. The summed E-state index contributed by atoms with van der Waals surface area (Å²) in [5.41, 5.74) is -0.461. The summed E-state index contributed by atoms with van der Waals surface area (Å²) >= 11 is 0. The van der Waals surface area contributed by atoms with Gasteiger partial charge in [0, 0.05) is 12.6 Å². The van der Waals surface area contributed by atoms with Gasteiger partial charge in [-0.2, -0.15) is 5.10 Å². The molecule has 23 heavy (non-hydrogen) atoms. The number of benzene rings is 1. The molecule has 0 saturated heterocycles. The first kappa shape index (κ1) is 14.4.